The molecule has 1 aromatic heterocycles. The number of esters is 1. The summed E-state index contributed by atoms with van der Waals surface area (Å²) in [6.07, 6.45) is 5.50. The second-order valence-corrected chi connectivity index (χ2v) is 8.57. The first kappa shape index (κ1) is 18.1. The SMILES string of the molecule is Cc1cccc(Cc2nnc(NC(=O)C3CC(=O)OC34CCCCC4)s2)c1. The summed E-state index contributed by atoms with van der Waals surface area (Å²) >= 11 is 1.38. The molecule has 7 heteroatoms. The maximum atomic E-state index is 12.8. The number of aryl methyl sites for hydroxylation is 1. The molecule has 0 radical (unpaired) electrons. The van der Waals surface area contributed by atoms with Crippen LogP contribution in [0, 0.1) is 12.8 Å². The van der Waals surface area contributed by atoms with Crippen LogP contribution < -0.4 is 5.32 Å². The molecule has 1 aliphatic carbocycles. The summed E-state index contributed by atoms with van der Waals surface area (Å²) in [5.41, 5.74) is 1.75. The Bertz CT molecular complexity index is 858. The van der Waals surface area contributed by atoms with Gasteiger partial charge in [0.15, 0.2) is 0 Å². The third-order valence-corrected chi connectivity index (χ3v) is 6.31. The Morgan fingerprint density at radius 3 is 2.89 bits per heavy atom. The minimum atomic E-state index is -0.617. The monoisotopic (exact) mass is 385 g/mol. The second-order valence-electron chi connectivity index (χ2n) is 7.51. The fourth-order valence-electron chi connectivity index (χ4n) is 4.19. The van der Waals surface area contributed by atoms with Crippen molar-refractivity contribution in [2.24, 2.45) is 5.92 Å². The van der Waals surface area contributed by atoms with Crippen LogP contribution in [0.5, 0.6) is 0 Å². The Morgan fingerprint density at radius 2 is 2.11 bits per heavy atom. The molecule has 4 rings (SSSR count). The number of hydrogen-bond donors (Lipinski definition) is 1. The number of nitrogens with one attached hydrogen (secondary N) is 1. The van der Waals surface area contributed by atoms with E-state index < -0.39 is 11.5 Å². The zero-order valence-electron chi connectivity index (χ0n) is 15.4. The summed E-state index contributed by atoms with van der Waals surface area (Å²) in [6.45, 7) is 2.06. The molecular weight excluding hydrogens is 362 g/mol. The number of carbonyl (C=O) groups is 2. The van der Waals surface area contributed by atoms with Gasteiger partial charge in [-0.3, -0.25) is 9.59 Å². The van der Waals surface area contributed by atoms with Crippen molar-refractivity contribution in [1.82, 2.24) is 10.2 Å². The van der Waals surface area contributed by atoms with Crippen LogP contribution in [0.2, 0.25) is 0 Å². The summed E-state index contributed by atoms with van der Waals surface area (Å²) in [6, 6.07) is 8.26. The van der Waals surface area contributed by atoms with Crippen molar-refractivity contribution in [2.75, 3.05) is 5.32 Å². The zero-order valence-corrected chi connectivity index (χ0v) is 16.2. The van der Waals surface area contributed by atoms with Crippen molar-refractivity contribution in [2.45, 2.75) is 57.5 Å². The molecule has 1 unspecified atom stereocenters. The minimum Gasteiger partial charge on any atom is -0.458 e. The van der Waals surface area contributed by atoms with Crippen LogP contribution in [0.1, 0.15) is 54.7 Å². The van der Waals surface area contributed by atoms with Crippen LogP contribution in [0.25, 0.3) is 0 Å². The van der Waals surface area contributed by atoms with Gasteiger partial charge in [0, 0.05) is 6.42 Å². The average molecular weight is 385 g/mol. The summed E-state index contributed by atoms with van der Waals surface area (Å²) in [5, 5.41) is 12.5. The van der Waals surface area contributed by atoms with Crippen molar-refractivity contribution in [1.29, 1.82) is 0 Å². The van der Waals surface area contributed by atoms with Crippen molar-refractivity contribution >= 4 is 28.3 Å². The molecule has 2 fully saturated rings. The Hall–Kier alpha value is -2.28. The average Bonchev–Trinajstić information content (AvgIpc) is 3.19. The number of benzene rings is 1. The van der Waals surface area contributed by atoms with Crippen LogP contribution in [-0.4, -0.2) is 27.7 Å². The number of carbonyl (C=O) groups excluding carboxylic acids is 2. The van der Waals surface area contributed by atoms with Gasteiger partial charge in [0.2, 0.25) is 11.0 Å². The number of rotatable bonds is 4. The number of hydrogen-bond acceptors (Lipinski definition) is 6. The second kappa shape index (κ2) is 7.38. The molecule has 6 nitrogen and oxygen atoms in total. The lowest BCUT2D eigenvalue weighted by Gasteiger charge is -2.35. The van der Waals surface area contributed by atoms with Gasteiger partial charge in [0.25, 0.3) is 0 Å². The van der Waals surface area contributed by atoms with Gasteiger partial charge in [-0.15, -0.1) is 10.2 Å². The van der Waals surface area contributed by atoms with Gasteiger partial charge in [-0.2, -0.15) is 0 Å². The molecule has 1 spiro atoms. The van der Waals surface area contributed by atoms with E-state index in [9.17, 15) is 9.59 Å². The molecule has 2 heterocycles. The topological polar surface area (TPSA) is 81.2 Å². The maximum Gasteiger partial charge on any atom is 0.307 e. The molecule has 2 aromatic rings. The van der Waals surface area contributed by atoms with E-state index in [1.807, 2.05) is 6.07 Å². The lowest BCUT2D eigenvalue weighted by molar-refractivity contribution is -0.153. The van der Waals surface area contributed by atoms with Crippen molar-refractivity contribution in [3.05, 3.63) is 40.4 Å². The fraction of sp³-hybridized carbons (Fsp3) is 0.500. The van der Waals surface area contributed by atoms with Crippen LogP contribution in [-0.2, 0) is 20.7 Å². The number of aromatic nitrogens is 2. The van der Waals surface area contributed by atoms with E-state index in [2.05, 4.69) is 40.6 Å². The highest BCUT2D eigenvalue weighted by Crippen LogP contribution is 2.44. The lowest BCUT2D eigenvalue weighted by Crippen LogP contribution is -2.43. The number of ether oxygens (including phenoxy) is 1. The Labute approximate surface area is 162 Å². The summed E-state index contributed by atoms with van der Waals surface area (Å²) in [7, 11) is 0. The Balaban J connectivity index is 1.44. The Kier molecular flexibility index (Phi) is 4.95. The molecule has 142 valence electrons. The molecule has 27 heavy (non-hydrogen) atoms. The highest BCUT2D eigenvalue weighted by molar-refractivity contribution is 7.15. The number of amides is 1. The Morgan fingerprint density at radius 1 is 1.30 bits per heavy atom. The molecule has 0 bridgehead atoms. The van der Waals surface area contributed by atoms with Crippen LogP contribution in [0.4, 0.5) is 5.13 Å². The van der Waals surface area contributed by atoms with Crippen LogP contribution in [0.15, 0.2) is 24.3 Å². The van der Waals surface area contributed by atoms with Crippen molar-refractivity contribution in [3.8, 4) is 0 Å². The molecule has 1 atom stereocenters. The van der Waals surface area contributed by atoms with Crippen molar-refractivity contribution in [3.63, 3.8) is 0 Å². The normalized spacial score (nSPS) is 21.2. The number of nitrogens with zero attached hydrogens (tertiary/aromatic N) is 2. The number of anilines is 1. The molecule has 2 aliphatic rings. The molecule has 1 amide bonds. The molecule has 1 N–H and O–H groups in total. The van der Waals surface area contributed by atoms with Gasteiger partial charge in [0.1, 0.15) is 10.6 Å². The van der Waals surface area contributed by atoms with Crippen LogP contribution in [0.3, 0.4) is 0 Å². The predicted molar refractivity (Wildman–Crippen MR) is 103 cm³/mol. The van der Waals surface area contributed by atoms with E-state index in [4.69, 9.17) is 4.74 Å². The van der Waals surface area contributed by atoms with Crippen molar-refractivity contribution < 1.29 is 14.3 Å². The van der Waals surface area contributed by atoms with E-state index >= 15 is 0 Å². The molecule has 1 saturated carbocycles. The first-order chi connectivity index (χ1) is 13.0. The van der Waals surface area contributed by atoms with Gasteiger partial charge in [-0.1, -0.05) is 47.6 Å². The van der Waals surface area contributed by atoms with Gasteiger partial charge < -0.3 is 10.1 Å². The smallest absolute Gasteiger partial charge is 0.307 e. The van der Waals surface area contributed by atoms with E-state index in [-0.39, 0.29) is 18.3 Å². The maximum absolute atomic E-state index is 12.8. The predicted octanol–water partition coefficient (Wildman–Crippen LogP) is 3.64. The highest BCUT2D eigenvalue weighted by atomic mass is 32.1. The van der Waals surface area contributed by atoms with E-state index in [1.165, 1.54) is 22.5 Å². The van der Waals surface area contributed by atoms with Gasteiger partial charge >= 0.3 is 5.97 Å². The first-order valence-electron chi connectivity index (χ1n) is 9.45. The third kappa shape index (κ3) is 3.88. The minimum absolute atomic E-state index is 0.154. The molecule has 1 saturated heterocycles. The van der Waals surface area contributed by atoms with E-state index in [0.717, 1.165) is 37.1 Å². The third-order valence-electron chi connectivity index (χ3n) is 5.47. The zero-order chi connectivity index (χ0) is 18.9. The molecule has 1 aliphatic heterocycles. The van der Waals surface area contributed by atoms with Gasteiger partial charge in [-0.25, -0.2) is 0 Å². The summed E-state index contributed by atoms with van der Waals surface area (Å²) < 4.78 is 5.62. The van der Waals surface area contributed by atoms with E-state index in [0.29, 0.717) is 11.6 Å². The summed E-state index contributed by atoms with van der Waals surface area (Å²) in [4.78, 5) is 24.7. The largest absolute Gasteiger partial charge is 0.458 e. The summed E-state index contributed by atoms with van der Waals surface area (Å²) in [5.74, 6) is -0.884. The quantitative estimate of drug-likeness (QED) is 0.813. The fourth-order valence-corrected chi connectivity index (χ4v) is 4.97. The molecular formula is C20H23N3O3S. The van der Waals surface area contributed by atoms with Gasteiger partial charge in [-0.05, 0) is 38.2 Å². The highest BCUT2D eigenvalue weighted by Gasteiger charge is 2.52. The molecule has 1 aromatic carbocycles. The van der Waals surface area contributed by atoms with E-state index in [1.54, 1.807) is 0 Å². The lowest BCUT2D eigenvalue weighted by atomic mass is 9.75. The standard InChI is InChI=1S/C20H23N3O3S/c1-13-6-5-7-14(10-13)11-16-22-23-19(27-16)21-18(25)15-12-17(24)26-20(15)8-3-2-4-9-20/h5-7,10,15H,2-4,8-9,11-12H2,1H3,(H,21,23,25). The van der Waals surface area contributed by atoms with Gasteiger partial charge in [0.05, 0.1) is 12.3 Å². The van der Waals surface area contributed by atoms with Crippen LogP contribution >= 0.6 is 11.3 Å². The first-order valence-corrected chi connectivity index (χ1v) is 10.3.